The van der Waals surface area contributed by atoms with Crippen LogP contribution in [0.3, 0.4) is 0 Å². The van der Waals surface area contributed by atoms with Gasteiger partial charge in [0.05, 0.1) is 5.56 Å². The first-order valence-electron chi connectivity index (χ1n) is 6.00. The van der Waals surface area contributed by atoms with Gasteiger partial charge in [0.2, 0.25) is 5.10 Å². The molecular formula is C13H9N5O3. The van der Waals surface area contributed by atoms with Gasteiger partial charge in [0.1, 0.15) is 0 Å². The van der Waals surface area contributed by atoms with Crippen LogP contribution in [0.25, 0.3) is 11.0 Å². The standard InChI is InChI=1S/C13H9N5O3/c19-12(9-4-3-7-14-8-9)15-13-16-18(21)11-6-2-1-5-10(11)17(13)20/h1-8H,(H,15,16,19). The normalized spacial score (nSPS) is 10.5. The molecule has 3 rings (SSSR count). The first-order valence-corrected chi connectivity index (χ1v) is 6.00. The molecule has 104 valence electrons. The second-order valence-electron chi connectivity index (χ2n) is 4.18. The zero-order valence-electron chi connectivity index (χ0n) is 10.6. The quantitative estimate of drug-likeness (QED) is 0.532. The molecule has 0 atom stereocenters. The summed E-state index contributed by atoms with van der Waals surface area (Å²) in [6.45, 7) is 0. The number of hydrogen-bond donors (Lipinski definition) is 1. The number of pyridine rings is 1. The minimum absolute atomic E-state index is 0.115. The summed E-state index contributed by atoms with van der Waals surface area (Å²) in [6, 6.07) is 9.29. The number of hydrogen-bond acceptors (Lipinski definition) is 5. The van der Waals surface area contributed by atoms with E-state index in [9.17, 15) is 15.2 Å². The highest BCUT2D eigenvalue weighted by atomic mass is 16.5. The van der Waals surface area contributed by atoms with E-state index in [0.29, 0.717) is 9.58 Å². The Morgan fingerprint density at radius 3 is 2.57 bits per heavy atom. The first kappa shape index (κ1) is 12.7. The maximum Gasteiger partial charge on any atom is 0.468 e. The Hall–Kier alpha value is -3.29. The Kier molecular flexibility index (Phi) is 3.03. The molecule has 0 unspecified atom stereocenters. The fourth-order valence-electron chi connectivity index (χ4n) is 1.84. The Labute approximate surface area is 118 Å². The van der Waals surface area contributed by atoms with Gasteiger partial charge in [-0.15, -0.1) is 0 Å². The Morgan fingerprint density at radius 2 is 1.86 bits per heavy atom. The predicted octanol–water partition coefficient (Wildman–Crippen LogP) is 0.149. The van der Waals surface area contributed by atoms with Crippen molar-refractivity contribution in [2.45, 2.75) is 0 Å². The fourth-order valence-corrected chi connectivity index (χ4v) is 1.84. The fraction of sp³-hybridized carbons (Fsp3) is 0. The summed E-state index contributed by atoms with van der Waals surface area (Å²) in [6.07, 6.45) is 2.86. The number of nitrogens with one attached hydrogen (secondary N) is 1. The van der Waals surface area contributed by atoms with Crippen LogP contribution >= 0.6 is 0 Å². The van der Waals surface area contributed by atoms with Crippen LogP contribution in [0.5, 0.6) is 0 Å². The lowest BCUT2D eigenvalue weighted by Gasteiger charge is -2.08. The van der Waals surface area contributed by atoms with Gasteiger partial charge in [-0.3, -0.25) is 9.78 Å². The second-order valence-corrected chi connectivity index (χ2v) is 4.18. The largest absolute Gasteiger partial charge is 0.739 e. The maximum atomic E-state index is 12.1. The SMILES string of the molecule is O=C(Nc1n[n+]([O-])c2ccccc2[n+]1[O-])c1cccnc1. The number of nitrogens with zero attached hydrogens (tertiary/aromatic N) is 4. The highest BCUT2D eigenvalue weighted by molar-refractivity contribution is 6.02. The minimum atomic E-state index is -0.574. The van der Waals surface area contributed by atoms with E-state index >= 15 is 0 Å². The third kappa shape index (κ3) is 2.29. The van der Waals surface area contributed by atoms with Crippen molar-refractivity contribution in [2.75, 3.05) is 5.32 Å². The van der Waals surface area contributed by atoms with E-state index in [0.717, 1.165) is 0 Å². The van der Waals surface area contributed by atoms with Crippen molar-refractivity contribution in [3.63, 3.8) is 0 Å². The predicted molar refractivity (Wildman–Crippen MR) is 71.9 cm³/mol. The second kappa shape index (κ2) is 5.00. The molecule has 0 aliphatic carbocycles. The lowest BCUT2D eigenvalue weighted by Crippen LogP contribution is -2.44. The van der Waals surface area contributed by atoms with Gasteiger partial charge in [0.25, 0.3) is 5.52 Å². The molecule has 0 saturated heterocycles. The van der Waals surface area contributed by atoms with E-state index in [4.69, 9.17) is 0 Å². The van der Waals surface area contributed by atoms with E-state index in [1.54, 1.807) is 18.2 Å². The number of carbonyl (C=O) groups is 1. The summed E-state index contributed by atoms with van der Waals surface area (Å²) in [5.41, 5.74) is 0.487. The van der Waals surface area contributed by atoms with Crippen molar-refractivity contribution in [1.82, 2.24) is 10.1 Å². The van der Waals surface area contributed by atoms with E-state index < -0.39 is 11.9 Å². The minimum Gasteiger partial charge on any atom is -0.739 e. The zero-order chi connectivity index (χ0) is 14.8. The maximum absolute atomic E-state index is 12.1. The molecule has 0 aliphatic heterocycles. The molecule has 1 aromatic carbocycles. The van der Waals surface area contributed by atoms with Crippen LogP contribution in [0.4, 0.5) is 5.95 Å². The number of para-hydroxylation sites is 2. The van der Waals surface area contributed by atoms with E-state index in [-0.39, 0.29) is 16.6 Å². The van der Waals surface area contributed by atoms with Gasteiger partial charge in [0, 0.05) is 23.3 Å². The van der Waals surface area contributed by atoms with Crippen LogP contribution in [0, 0.1) is 10.4 Å². The summed E-state index contributed by atoms with van der Waals surface area (Å²) >= 11 is 0. The number of rotatable bonds is 2. The first-order chi connectivity index (χ1) is 10.2. The smallest absolute Gasteiger partial charge is 0.468 e. The zero-order valence-corrected chi connectivity index (χ0v) is 10.6. The Bertz CT molecular complexity index is 823. The highest BCUT2D eigenvalue weighted by Crippen LogP contribution is 2.06. The van der Waals surface area contributed by atoms with Crippen LogP contribution in [0.15, 0.2) is 48.8 Å². The molecule has 0 spiro atoms. The van der Waals surface area contributed by atoms with Gasteiger partial charge in [-0.1, -0.05) is 12.1 Å². The van der Waals surface area contributed by atoms with Crippen molar-refractivity contribution in [1.29, 1.82) is 0 Å². The molecule has 2 aromatic heterocycles. The molecule has 0 aliphatic rings. The summed E-state index contributed by atoms with van der Waals surface area (Å²) in [4.78, 5) is 16.1. The molecule has 0 bridgehead atoms. The molecule has 0 saturated carbocycles. The van der Waals surface area contributed by atoms with Crippen molar-refractivity contribution in [3.05, 3.63) is 64.8 Å². The van der Waals surface area contributed by atoms with Gasteiger partial charge < -0.3 is 10.4 Å². The molecule has 8 nitrogen and oxygen atoms in total. The van der Waals surface area contributed by atoms with Gasteiger partial charge in [0.15, 0.2) is 5.52 Å². The molecule has 1 amide bonds. The Balaban J connectivity index is 2.02. The number of anilines is 1. The van der Waals surface area contributed by atoms with Crippen LogP contribution in [-0.2, 0) is 0 Å². The van der Waals surface area contributed by atoms with E-state index in [2.05, 4.69) is 15.4 Å². The van der Waals surface area contributed by atoms with E-state index in [1.165, 1.54) is 30.6 Å². The molecule has 0 radical (unpaired) electrons. The summed E-state index contributed by atoms with van der Waals surface area (Å²) in [5.74, 6) is -0.965. The monoisotopic (exact) mass is 283 g/mol. The van der Waals surface area contributed by atoms with Gasteiger partial charge in [-0.05, 0) is 18.2 Å². The number of aromatic nitrogens is 4. The molecular weight excluding hydrogens is 274 g/mol. The molecule has 3 aromatic rings. The number of carbonyl (C=O) groups excluding carboxylic acids is 1. The topological polar surface area (TPSA) is 109 Å². The van der Waals surface area contributed by atoms with Crippen molar-refractivity contribution in [2.24, 2.45) is 0 Å². The molecule has 1 N–H and O–H groups in total. The van der Waals surface area contributed by atoms with Crippen molar-refractivity contribution >= 4 is 22.9 Å². The van der Waals surface area contributed by atoms with Crippen LogP contribution in [0.2, 0.25) is 0 Å². The van der Waals surface area contributed by atoms with Crippen LogP contribution in [-0.4, -0.2) is 16.0 Å². The average molecular weight is 283 g/mol. The average Bonchev–Trinajstić information content (AvgIpc) is 2.53. The summed E-state index contributed by atoms with van der Waals surface area (Å²) in [5, 5.41) is 29.7. The number of amides is 1. The van der Waals surface area contributed by atoms with Crippen LogP contribution < -0.4 is 14.9 Å². The number of benzene rings is 1. The summed E-state index contributed by atoms with van der Waals surface area (Å²) in [7, 11) is 0. The van der Waals surface area contributed by atoms with Gasteiger partial charge >= 0.3 is 11.9 Å². The summed E-state index contributed by atoms with van der Waals surface area (Å²) < 4.78 is 0.401. The van der Waals surface area contributed by atoms with Crippen molar-refractivity contribution in [3.8, 4) is 0 Å². The third-order valence-corrected chi connectivity index (χ3v) is 2.83. The van der Waals surface area contributed by atoms with E-state index in [1.807, 2.05) is 0 Å². The highest BCUT2D eigenvalue weighted by Gasteiger charge is 2.23. The van der Waals surface area contributed by atoms with Crippen LogP contribution in [0.1, 0.15) is 10.4 Å². The molecule has 0 fully saturated rings. The molecule has 21 heavy (non-hydrogen) atoms. The third-order valence-electron chi connectivity index (χ3n) is 2.83. The molecule has 8 heteroatoms. The lowest BCUT2D eigenvalue weighted by molar-refractivity contribution is -0.672. The van der Waals surface area contributed by atoms with Gasteiger partial charge in [-0.25, -0.2) is 10.0 Å². The molecule has 2 heterocycles. The lowest BCUT2D eigenvalue weighted by atomic mass is 10.3. The van der Waals surface area contributed by atoms with Gasteiger partial charge in [-0.2, -0.15) is 0 Å². The van der Waals surface area contributed by atoms with Crippen molar-refractivity contribution < 1.29 is 14.4 Å². The number of fused-ring (bicyclic) bond motifs is 1. The Morgan fingerprint density at radius 1 is 1.10 bits per heavy atom.